The molecule has 1 aliphatic heterocycles. The smallest absolute Gasteiger partial charge is 0.137 e. The summed E-state index contributed by atoms with van der Waals surface area (Å²) in [7, 11) is 1.88. The van der Waals surface area contributed by atoms with Gasteiger partial charge in [0.2, 0.25) is 0 Å². The van der Waals surface area contributed by atoms with Crippen molar-refractivity contribution in [1.29, 1.82) is 0 Å². The summed E-state index contributed by atoms with van der Waals surface area (Å²) in [5.41, 5.74) is 1.10. The lowest BCUT2D eigenvalue weighted by atomic mass is 10.2. The fourth-order valence-electron chi connectivity index (χ4n) is 2.41. The second kappa shape index (κ2) is 6.00. The summed E-state index contributed by atoms with van der Waals surface area (Å²) in [6.07, 6.45) is 4.29. The number of hydrogen-bond acceptors (Lipinski definition) is 5. The molecule has 1 aromatic rings. The average molecular weight is 250 g/mol. The standard InChI is InChI=1S/C13H22N4O/c1-4-17(8-11-6-5-7-18-11)13-10(2)12(14-3)15-9-16-13/h9,11H,4-8H2,1-3H3,(H,14,15,16). The molecule has 0 saturated carbocycles. The van der Waals surface area contributed by atoms with Crippen LogP contribution in [-0.4, -0.2) is 42.8 Å². The first-order chi connectivity index (χ1) is 8.76. The van der Waals surface area contributed by atoms with Gasteiger partial charge in [-0.15, -0.1) is 0 Å². The Morgan fingerprint density at radius 1 is 1.50 bits per heavy atom. The molecule has 2 heterocycles. The van der Waals surface area contributed by atoms with Crippen LogP contribution < -0.4 is 10.2 Å². The highest BCUT2D eigenvalue weighted by atomic mass is 16.5. The molecule has 1 unspecified atom stereocenters. The van der Waals surface area contributed by atoms with Crippen molar-refractivity contribution >= 4 is 11.6 Å². The molecule has 1 N–H and O–H groups in total. The van der Waals surface area contributed by atoms with Crippen LogP contribution in [0.4, 0.5) is 11.6 Å². The van der Waals surface area contributed by atoms with Crippen molar-refractivity contribution < 1.29 is 4.74 Å². The van der Waals surface area contributed by atoms with Crippen LogP contribution in [0.5, 0.6) is 0 Å². The zero-order valence-corrected chi connectivity index (χ0v) is 11.4. The maximum atomic E-state index is 5.70. The molecular formula is C13H22N4O. The molecule has 0 aliphatic carbocycles. The number of aromatic nitrogens is 2. The molecule has 1 atom stereocenters. The van der Waals surface area contributed by atoms with E-state index >= 15 is 0 Å². The number of likely N-dealkylation sites (N-methyl/N-ethyl adjacent to an activating group) is 1. The maximum Gasteiger partial charge on any atom is 0.137 e. The summed E-state index contributed by atoms with van der Waals surface area (Å²) in [6.45, 7) is 6.94. The molecule has 5 heteroatoms. The Labute approximate surface area is 109 Å². The average Bonchev–Trinajstić information content (AvgIpc) is 2.89. The highest BCUT2D eigenvalue weighted by Crippen LogP contribution is 2.23. The lowest BCUT2D eigenvalue weighted by Crippen LogP contribution is -2.33. The summed E-state index contributed by atoms with van der Waals surface area (Å²) >= 11 is 0. The van der Waals surface area contributed by atoms with E-state index in [2.05, 4.69) is 34.0 Å². The fourth-order valence-corrected chi connectivity index (χ4v) is 2.41. The second-order valence-electron chi connectivity index (χ2n) is 4.59. The van der Waals surface area contributed by atoms with Crippen LogP contribution in [-0.2, 0) is 4.74 Å². The number of rotatable bonds is 5. The van der Waals surface area contributed by atoms with Crippen LogP contribution in [0.1, 0.15) is 25.3 Å². The zero-order valence-electron chi connectivity index (χ0n) is 11.4. The molecule has 1 aliphatic rings. The monoisotopic (exact) mass is 250 g/mol. The normalized spacial score (nSPS) is 18.9. The first-order valence-electron chi connectivity index (χ1n) is 6.62. The van der Waals surface area contributed by atoms with Gasteiger partial charge in [0.25, 0.3) is 0 Å². The van der Waals surface area contributed by atoms with E-state index in [1.807, 2.05) is 7.05 Å². The minimum Gasteiger partial charge on any atom is -0.376 e. The summed E-state index contributed by atoms with van der Waals surface area (Å²) in [5, 5.41) is 3.10. The maximum absolute atomic E-state index is 5.70. The summed E-state index contributed by atoms with van der Waals surface area (Å²) in [6, 6.07) is 0. The van der Waals surface area contributed by atoms with Gasteiger partial charge in [0, 0.05) is 32.3 Å². The third kappa shape index (κ3) is 2.72. The van der Waals surface area contributed by atoms with Crippen molar-refractivity contribution in [3.05, 3.63) is 11.9 Å². The summed E-state index contributed by atoms with van der Waals surface area (Å²) < 4.78 is 5.70. The minimum atomic E-state index is 0.345. The van der Waals surface area contributed by atoms with Crippen LogP contribution in [0, 0.1) is 6.92 Å². The molecular weight excluding hydrogens is 228 g/mol. The molecule has 18 heavy (non-hydrogen) atoms. The third-order valence-corrected chi connectivity index (χ3v) is 3.42. The topological polar surface area (TPSA) is 50.3 Å². The molecule has 0 aromatic carbocycles. The van der Waals surface area contributed by atoms with Gasteiger partial charge in [-0.05, 0) is 26.7 Å². The first-order valence-corrected chi connectivity index (χ1v) is 6.62. The number of ether oxygens (including phenoxy) is 1. The Morgan fingerprint density at radius 2 is 2.33 bits per heavy atom. The van der Waals surface area contributed by atoms with Crippen LogP contribution in [0.3, 0.4) is 0 Å². The molecule has 1 aromatic heterocycles. The van der Waals surface area contributed by atoms with Crippen molar-refractivity contribution in [1.82, 2.24) is 9.97 Å². The highest BCUT2D eigenvalue weighted by molar-refractivity contribution is 5.57. The molecule has 0 radical (unpaired) electrons. The lowest BCUT2D eigenvalue weighted by Gasteiger charge is -2.26. The van der Waals surface area contributed by atoms with Gasteiger partial charge >= 0.3 is 0 Å². The molecule has 1 fully saturated rings. The number of anilines is 2. The first kappa shape index (κ1) is 13.1. The number of hydrogen-bond donors (Lipinski definition) is 1. The Kier molecular flexibility index (Phi) is 4.36. The predicted molar refractivity (Wildman–Crippen MR) is 73.2 cm³/mol. The third-order valence-electron chi connectivity index (χ3n) is 3.42. The van der Waals surface area contributed by atoms with Gasteiger partial charge in [-0.25, -0.2) is 9.97 Å². The van der Waals surface area contributed by atoms with Crippen LogP contribution in [0.2, 0.25) is 0 Å². The zero-order chi connectivity index (χ0) is 13.0. The van der Waals surface area contributed by atoms with Crippen molar-refractivity contribution in [3.8, 4) is 0 Å². The molecule has 0 amide bonds. The van der Waals surface area contributed by atoms with E-state index in [1.54, 1.807) is 6.33 Å². The van der Waals surface area contributed by atoms with Crippen LogP contribution in [0.15, 0.2) is 6.33 Å². The van der Waals surface area contributed by atoms with E-state index in [-0.39, 0.29) is 0 Å². The van der Waals surface area contributed by atoms with E-state index in [9.17, 15) is 0 Å². The van der Waals surface area contributed by atoms with Crippen LogP contribution in [0.25, 0.3) is 0 Å². The van der Waals surface area contributed by atoms with Gasteiger partial charge in [-0.3, -0.25) is 0 Å². The predicted octanol–water partition coefficient (Wildman–Crippen LogP) is 1.83. The Morgan fingerprint density at radius 3 is 2.94 bits per heavy atom. The fraction of sp³-hybridized carbons (Fsp3) is 0.692. The molecule has 2 rings (SSSR count). The summed E-state index contributed by atoms with van der Waals surface area (Å²) in [5.74, 6) is 1.90. The Hall–Kier alpha value is -1.36. The highest BCUT2D eigenvalue weighted by Gasteiger charge is 2.21. The quantitative estimate of drug-likeness (QED) is 0.864. The number of nitrogens with one attached hydrogen (secondary N) is 1. The van der Waals surface area contributed by atoms with Gasteiger partial charge < -0.3 is 15.0 Å². The Bertz CT molecular complexity index is 391. The van der Waals surface area contributed by atoms with E-state index in [1.165, 1.54) is 6.42 Å². The second-order valence-corrected chi connectivity index (χ2v) is 4.59. The van der Waals surface area contributed by atoms with Gasteiger partial charge in [0.05, 0.1) is 6.10 Å². The van der Waals surface area contributed by atoms with E-state index in [4.69, 9.17) is 4.74 Å². The van der Waals surface area contributed by atoms with Crippen molar-refractivity contribution in [2.24, 2.45) is 0 Å². The van der Waals surface area contributed by atoms with E-state index in [0.29, 0.717) is 6.10 Å². The molecule has 1 saturated heterocycles. The van der Waals surface area contributed by atoms with E-state index in [0.717, 1.165) is 43.3 Å². The van der Waals surface area contributed by atoms with Gasteiger partial charge in [0.1, 0.15) is 18.0 Å². The molecule has 5 nitrogen and oxygen atoms in total. The van der Waals surface area contributed by atoms with Gasteiger partial charge in [-0.1, -0.05) is 0 Å². The van der Waals surface area contributed by atoms with Crippen molar-refractivity contribution in [2.75, 3.05) is 37.0 Å². The minimum absolute atomic E-state index is 0.345. The van der Waals surface area contributed by atoms with Crippen molar-refractivity contribution in [3.63, 3.8) is 0 Å². The Balaban J connectivity index is 2.15. The van der Waals surface area contributed by atoms with Crippen molar-refractivity contribution in [2.45, 2.75) is 32.8 Å². The van der Waals surface area contributed by atoms with Gasteiger partial charge in [-0.2, -0.15) is 0 Å². The summed E-state index contributed by atoms with van der Waals surface area (Å²) in [4.78, 5) is 10.9. The molecule has 100 valence electrons. The largest absolute Gasteiger partial charge is 0.376 e. The lowest BCUT2D eigenvalue weighted by molar-refractivity contribution is 0.115. The van der Waals surface area contributed by atoms with E-state index < -0.39 is 0 Å². The SMILES string of the molecule is CCN(CC1CCCO1)c1ncnc(NC)c1C. The molecule has 0 bridgehead atoms. The van der Waals surface area contributed by atoms with Gasteiger partial charge in [0.15, 0.2) is 0 Å². The number of nitrogens with zero attached hydrogens (tertiary/aromatic N) is 3. The molecule has 0 spiro atoms. The van der Waals surface area contributed by atoms with Crippen LogP contribution >= 0.6 is 0 Å².